The predicted octanol–water partition coefficient (Wildman–Crippen LogP) is 3.62. The van der Waals surface area contributed by atoms with Crippen LogP contribution in [0.3, 0.4) is 0 Å². The van der Waals surface area contributed by atoms with E-state index in [0.29, 0.717) is 35.5 Å². The van der Waals surface area contributed by atoms with Gasteiger partial charge in [0, 0.05) is 6.04 Å². The Balaban J connectivity index is 1.74. The lowest BCUT2D eigenvalue weighted by molar-refractivity contribution is 0.251. The van der Waals surface area contributed by atoms with Crippen LogP contribution in [0.4, 0.5) is 8.78 Å². The number of alkyl halides is 2. The number of rotatable bonds is 6. The van der Waals surface area contributed by atoms with Crippen LogP contribution in [0.1, 0.15) is 31.8 Å². The van der Waals surface area contributed by atoms with Gasteiger partial charge in [-0.05, 0) is 24.0 Å². The number of hydrogen-bond acceptors (Lipinski definition) is 3. The lowest BCUT2D eigenvalue weighted by atomic mass is 10.2. The largest absolute Gasteiger partial charge is 0.464 e. The summed E-state index contributed by atoms with van der Waals surface area (Å²) >= 11 is 0.587. The lowest BCUT2D eigenvalue weighted by Gasteiger charge is -2.04. The van der Waals surface area contributed by atoms with E-state index in [9.17, 15) is 8.78 Å². The maximum absolute atomic E-state index is 12.0. The second kappa shape index (κ2) is 4.98. The normalized spacial score (nSPS) is 22.1. The van der Waals surface area contributed by atoms with Crippen molar-refractivity contribution in [3.63, 3.8) is 0 Å². The molecular formula is C12H17F2NOS. The molecule has 0 radical (unpaired) electrons. The van der Waals surface area contributed by atoms with Gasteiger partial charge in [0.2, 0.25) is 0 Å². The molecule has 0 saturated heterocycles. The first-order valence-electron chi connectivity index (χ1n) is 5.68. The van der Waals surface area contributed by atoms with Crippen molar-refractivity contribution in [2.45, 2.75) is 44.4 Å². The summed E-state index contributed by atoms with van der Waals surface area (Å²) in [6.07, 6.45) is 1.18. The highest BCUT2D eigenvalue weighted by atomic mass is 32.2. The first-order chi connectivity index (χ1) is 7.97. The van der Waals surface area contributed by atoms with Gasteiger partial charge in [0.1, 0.15) is 11.5 Å². The third-order valence-corrected chi connectivity index (χ3v) is 3.81. The average molecular weight is 261 g/mol. The van der Waals surface area contributed by atoms with Gasteiger partial charge in [-0.25, -0.2) is 0 Å². The van der Waals surface area contributed by atoms with Crippen molar-refractivity contribution in [3.8, 4) is 0 Å². The Kier molecular flexibility index (Phi) is 3.78. The minimum absolute atomic E-state index is 0.229. The standard InChI is InChI=1S/C12H17F2NOS/c1-12(2)5-10(12)15-6-8-3-4-9(16-8)7-17-11(13)14/h3-4,10-11,15H,5-7H2,1-2H3. The van der Waals surface area contributed by atoms with Gasteiger partial charge in [-0.2, -0.15) is 8.78 Å². The summed E-state index contributed by atoms with van der Waals surface area (Å²) in [6.45, 7) is 5.11. The maximum atomic E-state index is 12.0. The van der Waals surface area contributed by atoms with Crippen molar-refractivity contribution in [3.05, 3.63) is 23.7 Å². The van der Waals surface area contributed by atoms with Crippen LogP contribution in [-0.4, -0.2) is 11.8 Å². The highest BCUT2D eigenvalue weighted by Gasteiger charge is 2.45. The van der Waals surface area contributed by atoms with Crippen molar-refractivity contribution in [1.82, 2.24) is 5.32 Å². The van der Waals surface area contributed by atoms with Gasteiger partial charge in [-0.3, -0.25) is 0 Å². The van der Waals surface area contributed by atoms with Crippen LogP contribution in [0.25, 0.3) is 0 Å². The van der Waals surface area contributed by atoms with Gasteiger partial charge in [-0.1, -0.05) is 25.6 Å². The number of hydrogen-bond donors (Lipinski definition) is 1. The van der Waals surface area contributed by atoms with E-state index in [2.05, 4.69) is 19.2 Å². The Labute approximate surface area is 104 Å². The highest BCUT2D eigenvalue weighted by Crippen LogP contribution is 2.44. The molecule has 0 bridgehead atoms. The van der Waals surface area contributed by atoms with Crippen molar-refractivity contribution >= 4 is 11.8 Å². The Morgan fingerprint density at radius 3 is 2.71 bits per heavy atom. The molecule has 0 amide bonds. The van der Waals surface area contributed by atoms with E-state index in [4.69, 9.17) is 4.42 Å². The Morgan fingerprint density at radius 2 is 2.12 bits per heavy atom. The SMILES string of the molecule is CC1(C)CC1NCc1ccc(CSC(F)F)o1. The zero-order valence-corrected chi connectivity index (χ0v) is 10.8. The minimum Gasteiger partial charge on any atom is -0.464 e. The monoisotopic (exact) mass is 261 g/mol. The summed E-state index contributed by atoms with van der Waals surface area (Å²) in [5.74, 6) is -0.680. The molecule has 1 aliphatic carbocycles. The molecule has 1 heterocycles. The molecule has 1 aromatic heterocycles. The Morgan fingerprint density at radius 1 is 1.47 bits per heavy atom. The molecule has 2 rings (SSSR count). The first kappa shape index (κ1) is 12.9. The molecule has 1 fully saturated rings. The highest BCUT2D eigenvalue weighted by molar-refractivity contribution is 7.98. The van der Waals surface area contributed by atoms with Gasteiger partial charge in [0.15, 0.2) is 0 Å². The van der Waals surface area contributed by atoms with Crippen molar-refractivity contribution in [2.75, 3.05) is 0 Å². The fourth-order valence-corrected chi connectivity index (χ4v) is 2.22. The smallest absolute Gasteiger partial charge is 0.284 e. The van der Waals surface area contributed by atoms with E-state index in [1.165, 1.54) is 6.42 Å². The predicted molar refractivity (Wildman–Crippen MR) is 65.0 cm³/mol. The molecular weight excluding hydrogens is 244 g/mol. The molecule has 0 aliphatic heterocycles. The zero-order chi connectivity index (χ0) is 12.5. The molecule has 2 nitrogen and oxygen atoms in total. The van der Waals surface area contributed by atoms with Crippen LogP contribution in [0.15, 0.2) is 16.5 Å². The molecule has 5 heteroatoms. The average Bonchev–Trinajstić information content (AvgIpc) is 2.68. The van der Waals surface area contributed by atoms with Crippen LogP contribution in [0, 0.1) is 5.41 Å². The molecule has 96 valence electrons. The Bertz CT molecular complexity index is 378. The van der Waals surface area contributed by atoms with Gasteiger partial charge >= 0.3 is 0 Å². The molecule has 1 atom stereocenters. The summed E-state index contributed by atoms with van der Waals surface area (Å²) in [7, 11) is 0. The first-order valence-corrected chi connectivity index (χ1v) is 6.73. The molecule has 1 aliphatic rings. The summed E-state index contributed by atoms with van der Waals surface area (Å²) < 4.78 is 29.4. The van der Waals surface area contributed by atoms with Crippen LogP contribution < -0.4 is 5.32 Å². The summed E-state index contributed by atoms with van der Waals surface area (Å²) in [5, 5.41) is 3.39. The zero-order valence-electron chi connectivity index (χ0n) is 10.0. The fourth-order valence-electron chi connectivity index (χ4n) is 1.78. The van der Waals surface area contributed by atoms with Crippen molar-refractivity contribution in [1.29, 1.82) is 0 Å². The molecule has 1 saturated carbocycles. The minimum atomic E-state index is -2.34. The van der Waals surface area contributed by atoms with E-state index in [1.807, 2.05) is 6.07 Å². The molecule has 1 N–H and O–H groups in total. The number of nitrogens with one attached hydrogen (secondary N) is 1. The van der Waals surface area contributed by atoms with Crippen molar-refractivity contribution < 1.29 is 13.2 Å². The van der Waals surface area contributed by atoms with Crippen LogP contribution >= 0.6 is 11.8 Å². The molecule has 17 heavy (non-hydrogen) atoms. The van der Waals surface area contributed by atoms with E-state index < -0.39 is 5.76 Å². The van der Waals surface area contributed by atoms with E-state index in [0.717, 1.165) is 5.76 Å². The second-order valence-electron chi connectivity index (χ2n) is 5.07. The van der Waals surface area contributed by atoms with Crippen LogP contribution in [0.5, 0.6) is 0 Å². The molecule has 0 aromatic carbocycles. The van der Waals surface area contributed by atoms with Gasteiger partial charge in [0.05, 0.1) is 12.3 Å². The van der Waals surface area contributed by atoms with E-state index in [-0.39, 0.29) is 5.75 Å². The summed E-state index contributed by atoms with van der Waals surface area (Å²) in [6, 6.07) is 4.17. The van der Waals surface area contributed by atoms with Gasteiger partial charge in [-0.15, -0.1) is 0 Å². The topological polar surface area (TPSA) is 25.2 Å². The molecule has 1 unspecified atom stereocenters. The third-order valence-electron chi connectivity index (χ3n) is 3.11. The molecule has 0 spiro atoms. The van der Waals surface area contributed by atoms with Crippen LogP contribution in [-0.2, 0) is 12.3 Å². The second-order valence-corrected chi connectivity index (χ2v) is 6.04. The van der Waals surface area contributed by atoms with Crippen molar-refractivity contribution in [2.24, 2.45) is 5.41 Å². The fraction of sp³-hybridized carbons (Fsp3) is 0.667. The third kappa shape index (κ3) is 3.71. The lowest BCUT2D eigenvalue weighted by Crippen LogP contribution is -2.19. The number of halogens is 2. The summed E-state index contributed by atoms with van der Waals surface area (Å²) in [5.41, 5.74) is 0.390. The number of furan rings is 1. The maximum Gasteiger partial charge on any atom is 0.284 e. The van der Waals surface area contributed by atoms with Crippen LogP contribution in [0.2, 0.25) is 0 Å². The van der Waals surface area contributed by atoms with Gasteiger partial charge < -0.3 is 9.73 Å². The van der Waals surface area contributed by atoms with Gasteiger partial charge in [0.25, 0.3) is 5.76 Å². The number of thioether (sulfide) groups is 1. The summed E-state index contributed by atoms with van der Waals surface area (Å²) in [4.78, 5) is 0. The van der Waals surface area contributed by atoms with E-state index >= 15 is 0 Å². The van der Waals surface area contributed by atoms with E-state index in [1.54, 1.807) is 6.07 Å². The quantitative estimate of drug-likeness (QED) is 0.846. The Hall–Kier alpha value is -0.550. The molecule has 1 aromatic rings.